The molecular formula is C12H20O6. The van der Waals surface area contributed by atoms with Crippen molar-refractivity contribution in [3.63, 3.8) is 0 Å². The van der Waals surface area contributed by atoms with Crippen LogP contribution in [-0.2, 0) is 19.1 Å². The number of methoxy groups -OCH3 is 1. The molecule has 0 amide bonds. The lowest BCUT2D eigenvalue weighted by Crippen LogP contribution is -2.22. The molecule has 0 saturated heterocycles. The van der Waals surface area contributed by atoms with Crippen LogP contribution in [0.2, 0.25) is 0 Å². The molecule has 0 aliphatic carbocycles. The molecule has 18 heavy (non-hydrogen) atoms. The fraction of sp³-hybridized carbons (Fsp3) is 0.500. The molecule has 0 spiro atoms. The number of hydrogen-bond acceptors (Lipinski definition) is 6. The van der Waals surface area contributed by atoms with Crippen molar-refractivity contribution in [1.82, 2.24) is 0 Å². The molecule has 0 heterocycles. The Labute approximate surface area is 107 Å². The Morgan fingerprint density at radius 3 is 1.83 bits per heavy atom. The lowest BCUT2D eigenvalue weighted by Gasteiger charge is -2.07. The van der Waals surface area contributed by atoms with Crippen LogP contribution in [0.4, 0.5) is 0 Å². The van der Waals surface area contributed by atoms with Crippen molar-refractivity contribution in [3.05, 3.63) is 24.3 Å². The number of hydrogen-bond donors (Lipinski definition) is 2. The summed E-state index contributed by atoms with van der Waals surface area (Å²) in [6.07, 6.45) is -1.00. The summed E-state index contributed by atoms with van der Waals surface area (Å²) >= 11 is 0. The van der Waals surface area contributed by atoms with Crippen LogP contribution < -0.4 is 0 Å². The summed E-state index contributed by atoms with van der Waals surface area (Å²) in [7, 11) is 1.33. The van der Waals surface area contributed by atoms with Gasteiger partial charge in [0.25, 0.3) is 0 Å². The highest BCUT2D eigenvalue weighted by Gasteiger charge is 2.07. The summed E-state index contributed by atoms with van der Waals surface area (Å²) in [6, 6.07) is 0. The third-order valence-corrected chi connectivity index (χ3v) is 1.50. The van der Waals surface area contributed by atoms with E-state index < -0.39 is 18.7 Å². The predicted molar refractivity (Wildman–Crippen MR) is 65.7 cm³/mol. The Bertz CT molecular complexity index is 308. The highest BCUT2D eigenvalue weighted by Crippen LogP contribution is 1.93. The van der Waals surface area contributed by atoms with Gasteiger partial charge in [0.05, 0.1) is 13.7 Å². The Balaban J connectivity index is 0. The van der Waals surface area contributed by atoms with Crippen LogP contribution in [0.25, 0.3) is 0 Å². The van der Waals surface area contributed by atoms with Gasteiger partial charge in [0.1, 0.15) is 12.7 Å². The second-order valence-electron chi connectivity index (χ2n) is 3.49. The summed E-state index contributed by atoms with van der Waals surface area (Å²) in [4.78, 5) is 20.8. The third-order valence-electron chi connectivity index (χ3n) is 1.50. The van der Waals surface area contributed by atoms with E-state index in [9.17, 15) is 9.59 Å². The van der Waals surface area contributed by atoms with Crippen molar-refractivity contribution in [3.8, 4) is 0 Å². The van der Waals surface area contributed by atoms with Crippen LogP contribution in [0, 0.1) is 0 Å². The average Bonchev–Trinajstić information content (AvgIpc) is 2.34. The minimum absolute atomic E-state index is 0.192. The van der Waals surface area contributed by atoms with Crippen molar-refractivity contribution < 1.29 is 29.3 Å². The van der Waals surface area contributed by atoms with Gasteiger partial charge in [0.2, 0.25) is 0 Å². The number of rotatable bonds is 5. The van der Waals surface area contributed by atoms with Crippen LogP contribution >= 0.6 is 0 Å². The smallest absolute Gasteiger partial charge is 0.333 e. The molecule has 0 rings (SSSR count). The summed E-state index contributed by atoms with van der Waals surface area (Å²) < 4.78 is 8.78. The van der Waals surface area contributed by atoms with E-state index in [1.807, 2.05) is 0 Å². The molecule has 0 saturated carbocycles. The fourth-order valence-corrected chi connectivity index (χ4v) is 0.522. The molecule has 0 aliphatic heterocycles. The standard InChI is InChI=1S/C7H12O4.C5H8O2/c1-5(2)7(10)11-4-6(9)3-8;1-4(2)5(6)7-3/h6,8-9H,1,3-4H2,2H3;1H2,2-3H3. The predicted octanol–water partition coefficient (Wildman–Crippen LogP) is 0.194. The van der Waals surface area contributed by atoms with Gasteiger partial charge in [0, 0.05) is 11.1 Å². The second kappa shape index (κ2) is 10.5. The highest BCUT2D eigenvalue weighted by atomic mass is 16.5. The number of esters is 2. The van der Waals surface area contributed by atoms with Crippen LogP contribution in [0.15, 0.2) is 24.3 Å². The van der Waals surface area contributed by atoms with Gasteiger partial charge in [-0.1, -0.05) is 13.2 Å². The average molecular weight is 260 g/mol. The van der Waals surface area contributed by atoms with Crippen LogP contribution in [0.1, 0.15) is 13.8 Å². The summed E-state index contributed by atoms with van der Waals surface area (Å²) in [5, 5.41) is 17.1. The van der Waals surface area contributed by atoms with Gasteiger partial charge in [-0.3, -0.25) is 0 Å². The van der Waals surface area contributed by atoms with Gasteiger partial charge in [-0.25, -0.2) is 9.59 Å². The first-order chi connectivity index (χ1) is 8.26. The third kappa shape index (κ3) is 10.8. The molecule has 1 atom stereocenters. The molecule has 1 unspecified atom stereocenters. The van der Waals surface area contributed by atoms with E-state index in [1.54, 1.807) is 6.92 Å². The molecule has 2 N–H and O–H groups in total. The summed E-state index contributed by atoms with van der Waals surface area (Å²) in [5.74, 6) is -0.905. The molecule has 0 radical (unpaired) electrons. The Kier molecular flexibility index (Phi) is 10.9. The van der Waals surface area contributed by atoms with E-state index in [4.69, 9.17) is 10.2 Å². The minimum Gasteiger partial charge on any atom is -0.466 e. The lowest BCUT2D eigenvalue weighted by molar-refractivity contribution is -0.142. The van der Waals surface area contributed by atoms with Crippen molar-refractivity contribution in [1.29, 1.82) is 0 Å². The number of carbonyl (C=O) groups is 2. The number of aliphatic hydroxyl groups excluding tert-OH is 2. The Morgan fingerprint density at radius 2 is 1.61 bits per heavy atom. The van der Waals surface area contributed by atoms with Crippen molar-refractivity contribution in [2.75, 3.05) is 20.3 Å². The topological polar surface area (TPSA) is 93.1 Å². The number of carbonyl (C=O) groups excluding carboxylic acids is 2. The van der Waals surface area contributed by atoms with Crippen molar-refractivity contribution in [2.45, 2.75) is 20.0 Å². The van der Waals surface area contributed by atoms with Crippen molar-refractivity contribution in [2.24, 2.45) is 0 Å². The molecule has 6 nitrogen and oxygen atoms in total. The molecule has 0 aromatic rings. The Morgan fingerprint density at radius 1 is 1.17 bits per heavy atom. The van der Waals surface area contributed by atoms with E-state index in [1.165, 1.54) is 14.0 Å². The van der Waals surface area contributed by atoms with Crippen LogP contribution in [0.3, 0.4) is 0 Å². The molecule has 0 aliphatic rings. The monoisotopic (exact) mass is 260 g/mol. The quantitative estimate of drug-likeness (QED) is 0.541. The SMILES string of the molecule is C=C(C)C(=O)OC.C=C(C)C(=O)OCC(O)CO. The van der Waals surface area contributed by atoms with Gasteiger partial charge < -0.3 is 19.7 Å². The normalized spacial score (nSPS) is 10.5. The molecule has 0 bridgehead atoms. The van der Waals surface area contributed by atoms with Gasteiger partial charge >= 0.3 is 11.9 Å². The first-order valence-electron chi connectivity index (χ1n) is 5.11. The second-order valence-corrected chi connectivity index (χ2v) is 3.49. The molecule has 6 heteroatoms. The first kappa shape index (κ1) is 18.7. The zero-order valence-corrected chi connectivity index (χ0v) is 10.9. The highest BCUT2D eigenvalue weighted by molar-refractivity contribution is 5.87. The maximum absolute atomic E-state index is 10.6. The van der Waals surface area contributed by atoms with Crippen LogP contribution in [-0.4, -0.2) is 48.6 Å². The molecular weight excluding hydrogens is 240 g/mol. The zero-order chi connectivity index (χ0) is 14.7. The summed E-state index contributed by atoms with van der Waals surface area (Å²) in [6.45, 7) is 9.20. The van der Waals surface area contributed by atoms with E-state index in [0.717, 1.165) is 0 Å². The van der Waals surface area contributed by atoms with E-state index in [0.29, 0.717) is 5.57 Å². The zero-order valence-electron chi connectivity index (χ0n) is 10.9. The maximum Gasteiger partial charge on any atom is 0.333 e. The maximum atomic E-state index is 10.6. The molecule has 0 fully saturated rings. The number of aliphatic hydroxyl groups is 2. The minimum atomic E-state index is -1.00. The largest absolute Gasteiger partial charge is 0.466 e. The van der Waals surface area contributed by atoms with Crippen molar-refractivity contribution >= 4 is 11.9 Å². The molecule has 104 valence electrons. The van der Waals surface area contributed by atoms with E-state index in [2.05, 4.69) is 22.6 Å². The fourth-order valence-electron chi connectivity index (χ4n) is 0.522. The lowest BCUT2D eigenvalue weighted by atomic mass is 10.3. The number of ether oxygens (including phenoxy) is 2. The van der Waals surface area contributed by atoms with E-state index in [-0.39, 0.29) is 18.1 Å². The van der Waals surface area contributed by atoms with Gasteiger partial charge in [-0.15, -0.1) is 0 Å². The van der Waals surface area contributed by atoms with Gasteiger partial charge in [-0.05, 0) is 13.8 Å². The molecule has 0 aromatic heterocycles. The molecule has 0 aromatic carbocycles. The summed E-state index contributed by atoms with van der Waals surface area (Å²) in [5.41, 5.74) is 0.706. The van der Waals surface area contributed by atoms with Crippen LogP contribution in [0.5, 0.6) is 0 Å². The van der Waals surface area contributed by atoms with E-state index >= 15 is 0 Å². The first-order valence-corrected chi connectivity index (χ1v) is 5.11. The Hall–Kier alpha value is -1.66. The van der Waals surface area contributed by atoms with Gasteiger partial charge in [-0.2, -0.15) is 0 Å². The van der Waals surface area contributed by atoms with Gasteiger partial charge in [0.15, 0.2) is 0 Å².